The molecule has 3 heterocycles. The van der Waals surface area contributed by atoms with Gasteiger partial charge in [-0.3, -0.25) is 0 Å². The second-order valence-corrected chi connectivity index (χ2v) is 7.15. The molecular formula is C13H19N5S2. The zero-order chi connectivity index (χ0) is 13.9. The smallest absolute Gasteiger partial charge is 0.203 e. The molecule has 0 bridgehead atoms. The molecule has 2 N–H and O–H groups in total. The predicted molar refractivity (Wildman–Crippen MR) is 84.0 cm³/mol. The first kappa shape index (κ1) is 13.9. The number of anilines is 1. The molecular weight excluding hydrogens is 290 g/mol. The predicted octanol–water partition coefficient (Wildman–Crippen LogP) is 2.66. The van der Waals surface area contributed by atoms with E-state index in [9.17, 15) is 0 Å². The maximum absolute atomic E-state index is 5.61. The lowest BCUT2D eigenvalue weighted by atomic mass is 10.0. The van der Waals surface area contributed by atoms with Gasteiger partial charge in [0.15, 0.2) is 5.01 Å². The van der Waals surface area contributed by atoms with Gasteiger partial charge in [-0.15, -0.1) is 21.5 Å². The number of hydrogen-bond donors (Lipinski definition) is 1. The molecule has 1 unspecified atom stereocenters. The summed E-state index contributed by atoms with van der Waals surface area (Å²) < 4.78 is 0. The molecule has 1 saturated heterocycles. The van der Waals surface area contributed by atoms with Crippen LogP contribution in [0.2, 0.25) is 0 Å². The van der Waals surface area contributed by atoms with E-state index in [-0.39, 0.29) is 0 Å². The minimum absolute atomic E-state index is 0.497. The van der Waals surface area contributed by atoms with Gasteiger partial charge in [0.1, 0.15) is 5.69 Å². The van der Waals surface area contributed by atoms with Crippen molar-refractivity contribution < 1.29 is 0 Å². The molecule has 0 aliphatic carbocycles. The average Bonchev–Trinajstić information content (AvgIpc) is 3.06. The number of aromatic nitrogens is 3. The summed E-state index contributed by atoms with van der Waals surface area (Å²) in [5, 5.41) is 12.4. The Morgan fingerprint density at radius 2 is 2.30 bits per heavy atom. The van der Waals surface area contributed by atoms with Gasteiger partial charge < -0.3 is 10.6 Å². The van der Waals surface area contributed by atoms with Crippen LogP contribution in [-0.2, 0) is 6.42 Å². The van der Waals surface area contributed by atoms with Crippen molar-refractivity contribution in [2.75, 3.05) is 18.8 Å². The minimum Gasteiger partial charge on any atom is -0.374 e. The maximum atomic E-state index is 5.61. The highest BCUT2D eigenvalue weighted by Gasteiger charge is 2.18. The summed E-state index contributed by atoms with van der Waals surface area (Å²) in [5.74, 6) is 0. The summed E-state index contributed by atoms with van der Waals surface area (Å²) in [4.78, 5) is 7.22. The molecule has 0 radical (unpaired) electrons. The summed E-state index contributed by atoms with van der Waals surface area (Å²) in [6, 6.07) is 0.714. The molecule has 20 heavy (non-hydrogen) atoms. The molecule has 2 aromatic rings. The van der Waals surface area contributed by atoms with Crippen LogP contribution in [0.15, 0.2) is 5.38 Å². The van der Waals surface area contributed by atoms with E-state index in [2.05, 4.69) is 32.4 Å². The van der Waals surface area contributed by atoms with E-state index in [1.54, 1.807) is 11.3 Å². The number of nitrogens with zero attached hydrogens (tertiary/aromatic N) is 4. The fourth-order valence-corrected chi connectivity index (χ4v) is 4.01. The zero-order valence-electron chi connectivity index (χ0n) is 11.6. The summed E-state index contributed by atoms with van der Waals surface area (Å²) >= 11 is 3.09. The van der Waals surface area contributed by atoms with Crippen molar-refractivity contribution in [3.63, 3.8) is 0 Å². The van der Waals surface area contributed by atoms with Crippen LogP contribution in [0.3, 0.4) is 0 Å². The Labute approximate surface area is 126 Å². The Balaban J connectivity index is 1.60. The Bertz CT molecular complexity index is 565. The van der Waals surface area contributed by atoms with Crippen molar-refractivity contribution >= 4 is 27.8 Å². The van der Waals surface area contributed by atoms with Crippen LogP contribution in [0, 0.1) is 0 Å². The van der Waals surface area contributed by atoms with Gasteiger partial charge in [0.05, 0.1) is 5.01 Å². The van der Waals surface area contributed by atoms with Gasteiger partial charge in [0.2, 0.25) is 5.13 Å². The standard InChI is InChI=1S/C13H19N5S2/c1-9-4-2-3-6-18(9)7-5-11-15-10(8-19-11)12-16-17-13(14)20-12/h8-9H,2-7H2,1H3,(H2,14,17). The number of likely N-dealkylation sites (tertiary alicyclic amines) is 1. The summed E-state index contributed by atoms with van der Waals surface area (Å²) in [6.45, 7) is 4.66. The molecule has 1 atom stereocenters. The van der Waals surface area contributed by atoms with Crippen molar-refractivity contribution in [1.29, 1.82) is 0 Å². The fraction of sp³-hybridized carbons (Fsp3) is 0.615. The van der Waals surface area contributed by atoms with E-state index in [1.807, 2.05) is 0 Å². The first-order valence-corrected chi connectivity index (χ1v) is 8.70. The first-order valence-electron chi connectivity index (χ1n) is 7.00. The molecule has 1 fully saturated rings. The maximum Gasteiger partial charge on any atom is 0.203 e. The van der Waals surface area contributed by atoms with Gasteiger partial charge >= 0.3 is 0 Å². The summed E-state index contributed by atoms with van der Waals surface area (Å²) in [6.07, 6.45) is 5.05. The Morgan fingerprint density at radius 1 is 1.40 bits per heavy atom. The van der Waals surface area contributed by atoms with Crippen LogP contribution in [-0.4, -0.2) is 39.2 Å². The third-order valence-corrected chi connectivity index (χ3v) is 5.45. The SMILES string of the molecule is CC1CCCCN1CCc1nc(-c2nnc(N)s2)cs1. The Hall–Kier alpha value is -1.05. The number of nitrogens with two attached hydrogens (primary N) is 1. The van der Waals surface area contributed by atoms with Gasteiger partial charge in [-0.25, -0.2) is 4.98 Å². The topological polar surface area (TPSA) is 67.9 Å². The second-order valence-electron chi connectivity index (χ2n) is 5.20. The largest absolute Gasteiger partial charge is 0.374 e. The lowest BCUT2D eigenvalue weighted by Crippen LogP contribution is -2.38. The molecule has 0 saturated carbocycles. The summed E-state index contributed by atoms with van der Waals surface area (Å²) in [7, 11) is 0. The summed E-state index contributed by atoms with van der Waals surface area (Å²) in [5.41, 5.74) is 6.52. The third-order valence-electron chi connectivity index (χ3n) is 3.76. The van der Waals surface area contributed by atoms with Crippen molar-refractivity contribution in [3.05, 3.63) is 10.4 Å². The van der Waals surface area contributed by atoms with E-state index >= 15 is 0 Å². The molecule has 7 heteroatoms. The highest BCUT2D eigenvalue weighted by molar-refractivity contribution is 7.18. The first-order chi connectivity index (χ1) is 9.72. The molecule has 0 spiro atoms. The number of hydrogen-bond acceptors (Lipinski definition) is 7. The molecule has 108 valence electrons. The number of thiazole rings is 1. The van der Waals surface area contributed by atoms with E-state index in [0.29, 0.717) is 11.2 Å². The van der Waals surface area contributed by atoms with E-state index in [0.717, 1.165) is 23.7 Å². The van der Waals surface area contributed by atoms with Crippen LogP contribution < -0.4 is 5.73 Å². The van der Waals surface area contributed by atoms with Gasteiger partial charge in [-0.2, -0.15) is 0 Å². The van der Waals surface area contributed by atoms with Crippen molar-refractivity contribution in [2.45, 2.75) is 38.6 Å². The third kappa shape index (κ3) is 3.16. The lowest BCUT2D eigenvalue weighted by molar-refractivity contribution is 0.163. The number of nitrogen functional groups attached to an aromatic ring is 1. The van der Waals surface area contributed by atoms with Gasteiger partial charge in [0.25, 0.3) is 0 Å². The highest BCUT2D eigenvalue weighted by Crippen LogP contribution is 2.26. The van der Waals surface area contributed by atoms with Crippen LogP contribution in [0.25, 0.3) is 10.7 Å². The molecule has 1 aliphatic heterocycles. The van der Waals surface area contributed by atoms with E-state index in [4.69, 9.17) is 5.73 Å². The molecule has 0 amide bonds. The molecule has 1 aliphatic rings. The van der Waals surface area contributed by atoms with Gasteiger partial charge in [0, 0.05) is 24.4 Å². The van der Waals surface area contributed by atoms with Gasteiger partial charge in [-0.1, -0.05) is 17.8 Å². The van der Waals surface area contributed by atoms with Crippen LogP contribution in [0.1, 0.15) is 31.2 Å². The molecule has 3 rings (SSSR count). The monoisotopic (exact) mass is 309 g/mol. The average molecular weight is 309 g/mol. The van der Waals surface area contributed by atoms with Crippen molar-refractivity contribution in [3.8, 4) is 10.7 Å². The van der Waals surface area contributed by atoms with E-state index in [1.165, 1.54) is 42.2 Å². The normalized spacial score (nSPS) is 20.4. The Morgan fingerprint density at radius 3 is 3.05 bits per heavy atom. The van der Waals surface area contributed by atoms with Crippen LogP contribution >= 0.6 is 22.7 Å². The second kappa shape index (κ2) is 6.15. The molecule has 2 aromatic heterocycles. The quantitative estimate of drug-likeness (QED) is 0.940. The van der Waals surface area contributed by atoms with Crippen LogP contribution in [0.5, 0.6) is 0 Å². The molecule has 0 aromatic carbocycles. The van der Waals surface area contributed by atoms with Crippen LogP contribution in [0.4, 0.5) is 5.13 Å². The number of rotatable bonds is 4. The Kier molecular flexibility index (Phi) is 4.28. The van der Waals surface area contributed by atoms with E-state index < -0.39 is 0 Å². The lowest BCUT2D eigenvalue weighted by Gasteiger charge is -2.32. The minimum atomic E-state index is 0.497. The number of piperidine rings is 1. The van der Waals surface area contributed by atoms with Gasteiger partial charge in [-0.05, 0) is 26.3 Å². The highest BCUT2D eigenvalue weighted by atomic mass is 32.1. The zero-order valence-corrected chi connectivity index (χ0v) is 13.2. The van der Waals surface area contributed by atoms with Crippen molar-refractivity contribution in [2.24, 2.45) is 0 Å². The molecule has 5 nitrogen and oxygen atoms in total. The van der Waals surface area contributed by atoms with Crippen molar-refractivity contribution in [1.82, 2.24) is 20.1 Å². The fourth-order valence-electron chi connectivity index (χ4n) is 2.59.